The van der Waals surface area contributed by atoms with Crippen LogP contribution in [0.5, 0.6) is 0 Å². The van der Waals surface area contributed by atoms with Crippen molar-refractivity contribution in [2.75, 3.05) is 13.7 Å². The van der Waals surface area contributed by atoms with Gasteiger partial charge < -0.3 is 13.9 Å². The van der Waals surface area contributed by atoms with E-state index in [1.807, 2.05) is 0 Å². The molecule has 0 aliphatic heterocycles. The van der Waals surface area contributed by atoms with Crippen molar-refractivity contribution in [3.8, 4) is 0 Å². The van der Waals surface area contributed by atoms with E-state index in [1.54, 1.807) is 19.2 Å². The topological polar surface area (TPSA) is 48.7 Å². The lowest BCUT2D eigenvalue weighted by atomic mass is 9.85. The molecule has 0 aromatic carbocycles. The molecule has 0 fully saturated rings. The minimum atomic E-state index is -0.399. The zero-order valence-corrected chi connectivity index (χ0v) is 11.4. The molecule has 0 spiro atoms. The third-order valence-electron chi connectivity index (χ3n) is 3.50. The molecule has 1 aromatic heterocycles. The van der Waals surface area contributed by atoms with Gasteiger partial charge in [-0.3, -0.25) is 0 Å². The number of furan rings is 1. The van der Waals surface area contributed by atoms with Gasteiger partial charge in [-0.15, -0.1) is 0 Å². The predicted molar refractivity (Wildman–Crippen MR) is 70.7 cm³/mol. The van der Waals surface area contributed by atoms with E-state index >= 15 is 0 Å². The van der Waals surface area contributed by atoms with Crippen molar-refractivity contribution in [1.29, 1.82) is 0 Å². The Kier molecular flexibility index (Phi) is 4.80. The third kappa shape index (κ3) is 3.70. The fraction of sp³-hybridized carbons (Fsp3) is 0.533. The van der Waals surface area contributed by atoms with Crippen LogP contribution in [0.2, 0.25) is 0 Å². The van der Waals surface area contributed by atoms with Crippen LogP contribution in [0.1, 0.15) is 36.1 Å². The Balaban J connectivity index is 1.84. The van der Waals surface area contributed by atoms with Crippen molar-refractivity contribution in [3.63, 3.8) is 0 Å². The normalized spacial score (nSPS) is 22.4. The summed E-state index contributed by atoms with van der Waals surface area (Å²) in [5, 5.41) is 0. The van der Waals surface area contributed by atoms with Crippen molar-refractivity contribution >= 4 is 5.97 Å². The Labute approximate surface area is 113 Å². The van der Waals surface area contributed by atoms with Gasteiger partial charge in [-0.1, -0.05) is 19.1 Å². The van der Waals surface area contributed by atoms with E-state index in [9.17, 15) is 4.79 Å². The Morgan fingerprint density at radius 3 is 2.89 bits per heavy atom. The van der Waals surface area contributed by atoms with Gasteiger partial charge in [0, 0.05) is 7.11 Å². The van der Waals surface area contributed by atoms with Gasteiger partial charge in [0.25, 0.3) is 0 Å². The maximum atomic E-state index is 11.8. The van der Waals surface area contributed by atoms with Gasteiger partial charge in [-0.05, 0) is 36.8 Å². The molecule has 1 heterocycles. The fourth-order valence-corrected chi connectivity index (χ4v) is 2.20. The highest BCUT2D eigenvalue weighted by Gasteiger charge is 2.21. The molecule has 0 bridgehead atoms. The van der Waals surface area contributed by atoms with E-state index in [4.69, 9.17) is 13.9 Å². The minimum Gasteiger partial charge on any atom is -0.460 e. The number of hydrogen-bond acceptors (Lipinski definition) is 4. The van der Waals surface area contributed by atoms with Crippen LogP contribution in [0.15, 0.2) is 28.7 Å². The zero-order valence-electron chi connectivity index (χ0n) is 11.4. The first kappa shape index (κ1) is 13.9. The van der Waals surface area contributed by atoms with Gasteiger partial charge in [0.1, 0.15) is 12.4 Å². The average molecular weight is 264 g/mol. The molecule has 1 aliphatic carbocycles. The average Bonchev–Trinajstić information content (AvgIpc) is 2.87. The van der Waals surface area contributed by atoms with Gasteiger partial charge >= 0.3 is 5.97 Å². The second kappa shape index (κ2) is 6.57. The van der Waals surface area contributed by atoms with Crippen LogP contribution in [-0.4, -0.2) is 19.7 Å². The summed E-state index contributed by atoms with van der Waals surface area (Å²) < 4.78 is 15.6. The smallest absolute Gasteiger partial charge is 0.374 e. The molecule has 1 aliphatic rings. The maximum absolute atomic E-state index is 11.8. The summed E-state index contributed by atoms with van der Waals surface area (Å²) in [6, 6.07) is 3.35. The number of carbonyl (C=O) groups excluding carboxylic acids is 1. The van der Waals surface area contributed by atoms with Gasteiger partial charge in [-0.2, -0.15) is 0 Å². The van der Waals surface area contributed by atoms with Gasteiger partial charge in [0.05, 0.1) is 6.61 Å². The van der Waals surface area contributed by atoms with Crippen LogP contribution >= 0.6 is 0 Å². The lowest BCUT2D eigenvalue weighted by molar-refractivity contribution is 0.0354. The first-order valence-electron chi connectivity index (χ1n) is 6.60. The van der Waals surface area contributed by atoms with Crippen molar-refractivity contribution in [2.24, 2.45) is 11.8 Å². The summed E-state index contributed by atoms with van der Waals surface area (Å²) in [5.74, 6) is 1.43. The fourth-order valence-electron chi connectivity index (χ4n) is 2.20. The minimum absolute atomic E-state index is 0.242. The standard InChI is InChI=1S/C15H20O4/c1-11-5-3-4-6-12(11)9-18-15(16)14-8-7-13(19-14)10-17-2/h3-4,7-8,11-12H,5-6,9-10H2,1-2H3. The van der Waals surface area contributed by atoms with Gasteiger partial charge in [-0.25, -0.2) is 4.79 Å². The molecule has 0 radical (unpaired) electrons. The first-order valence-corrected chi connectivity index (χ1v) is 6.60. The third-order valence-corrected chi connectivity index (χ3v) is 3.50. The van der Waals surface area contributed by atoms with E-state index < -0.39 is 5.97 Å². The first-order chi connectivity index (χ1) is 9.20. The summed E-state index contributed by atoms with van der Waals surface area (Å²) in [7, 11) is 1.58. The quantitative estimate of drug-likeness (QED) is 0.605. The lowest BCUT2D eigenvalue weighted by Crippen LogP contribution is -2.21. The van der Waals surface area contributed by atoms with E-state index in [1.165, 1.54) is 0 Å². The van der Waals surface area contributed by atoms with E-state index in [2.05, 4.69) is 19.1 Å². The van der Waals surface area contributed by atoms with E-state index in [0.29, 0.717) is 30.8 Å². The predicted octanol–water partition coefficient (Wildman–Crippen LogP) is 3.19. The second-order valence-corrected chi connectivity index (χ2v) is 4.98. The number of esters is 1. The maximum Gasteiger partial charge on any atom is 0.374 e. The molecule has 0 saturated heterocycles. The van der Waals surface area contributed by atoms with Crippen LogP contribution in [0, 0.1) is 11.8 Å². The van der Waals surface area contributed by atoms with Gasteiger partial charge in [0.2, 0.25) is 5.76 Å². The Bertz CT molecular complexity index is 447. The molecule has 4 nitrogen and oxygen atoms in total. The largest absolute Gasteiger partial charge is 0.460 e. The summed E-state index contributed by atoms with van der Waals surface area (Å²) in [5.41, 5.74) is 0. The number of carbonyl (C=O) groups is 1. The van der Waals surface area contributed by atoms with Crippen LogP contribution in [0.4, 0.5) is 0 Å². The second-order valence-electron chi connectivity index (χ2n) is 4.98. The molecule has 2 rings (SSSR count). The molecule has 19 heavy (non-hydrogen) atoms. The molecular formula is C15H20O4. The van der Waals surface area contributed by atoms with Crippen molar-refractivity contribution in [1.82, 2.24) is 0 Å². The Morgan fingerprint density at radius 2 is 2.16 bits per heavy atom. The highest BCUT2D eigenvalue weighted by Crippen LogP contribution is 2.25. The number of hydrogen-bond donors (Lipinski definition) is 0. The summed E-state index contributed by atoms with van der Waals surface area (Å²) in [6.45, 7) is 2.99. The summed E-state index contributed by atoms with van der Waals surface area (Å²) >= 11 is 0. The van der Waals surface area contributed by atoms with Crippen molar-refractivity contribution < 1.29 is 18.7 Å². The highest BCUT2D eigenvalue weighted by molar-refractivity contribution is 5.86. The summed E-state index contributed by atoms with van der Waals surface area (Å²) in [4.78, 5) is 11.8. The number of allylic oxidation sites excluding steroid dienone is 2. The van der Waals surface area contributed by atoms with E-state index in [0.717, 1.165) is 12.8 Å². The number of rotatable bonds is 5. The van der Waals surface area contributed by atoms with Crippen LogP contribution in [-0.2, 0) is 16.1 Å². The van der Waals surface area contributed by atoms with Crippen molar-refractivity contribution in [3.05, 3.63) is 35.8 Å². The van der Waals surface area contributed by atoms with Crippen molar-refractivity contribution in [2.45, 2.75) is 26.4 Å². The Hall–Kier alpha value is -1.55. The van der Waals surface area contributed by atoms with Gasteiger partial charge in [0.15, 0.2) is 0 Å². The number of ether oxygens (including phenoxy) is 2. The molecular weight excluding hydrogens is 244 g/mol. The molecule has 0 amide bonds. The molecule has 2 unspecified atom stereocenters. The molecule has 0 saturated carbocycles. The molecule has 0 N–H and O–H groups in total. The monoisotopic (exact) mass is 264 g/mol. The lowest BCUT2D eigenvalue weighted by Gasteiger charge is -2.24. The van der Waals surface area contributed by atoms with E-state index in [-0.39, 0.29) is 5.76 Å². The Morgan fingerprint density at radius 1 is 1.37 bits per heavy atom. The SMILES string of the molecule is COCc1ccc(C(=O)OCC2CC=CCC2C)o1. The molecule has 2 atom stereocenters. The van der Waals surface area contributed by atoms with Crippen LogP contribution in [0.25, 0.3) is 0 Å². The van der Waals surface area contributed by atoms with Crippen LogP contribution in [0.3, 0.4) is 0 Å². The molecule has 4 heteroatoms. The summed E-state index contributed by atoms with van der Waals surface area (Å²) in [6.07, 6.45) is 6.37. The van der Waals surface area contributed by atoms with Crippen LogP contribution < -0.4 is 0 Å². The molecule has 104 valence electrons. The zero-order chi connectivity index (χ0) is 13.7. The number of methoxy groups -OCH3 is 1. The highest BCUT2D eigenvalue weighted by atomic mass is 16.5. The molecule has 1 aromatic rings.